The summed E-state index contributed by atoms with van der Waals surface area (Å²) in [5.74, 6) is 1.09. The van der Waals surface area contributed by atoms with E-state index in [0.29, 0.717) is 36.2 Å². The Balaban J connectivity index is 1.39. The predicted octanol–water partition coefficient (Wildman–Crippen LogP) is 4.70. The van der Waals surface area contributed by atoms with Gasteiger partial charge in [0.15, 0.2) is 5.82 Å². The Bertz CT molecular complexity index is 1300. The van der Waals surface area contributed by atoms with E-state index in [9.17, 15) is 9.59 Å². The molecule has 3 aromatic rings. The zero-order valence-corrected chi connectivity index (χ0v) is 20.8. The number of aryl methyl sites for hydroxylation is 2. The van der Waals surface area contributed by atoms with Crippen molar-refractivity contribution in [2.45, 2.75) is 39.0 Å². The fourth-order valence-electron chi connectivity index (χ4n) is 4.73. The van der Waals surface area contributed by atoms with Gasteiger partial charge in [-0.3, -0.25) is 14.6 Å². The first kappa shape index (κ1) is 24.0. The lowest BCUT2D eigenvalue weighted by Gasteiger charge is -2.31. The fourth-order valence-corrected chi connectivity index (χ4v) is 4.87. The van der Waals surface area contributed by atoms with Crippen molar-refractivity contribution in [1.29, 1.82) is 0 Å². The maximum absolute atomic E-state index is 13.0. The molecule has 5 rings (SSSR count). The van der Waals surface area contributed by atoms with E-state index in [1.165, 1.54) is 0 Å². The number of fused-ring (bicyclic) bond motifs is 6. The minimum absolute atomic E-state index is 0.0402. The zero-order chi connectivity index (χ0) is 25.1. The van der Waals surface area contributed by atoms with Gasteiger partial charge in [-0.15, -0.1) is 0 Å². The van der Waals surface area contributed by atoms with Crippen LogP contribution in [-0.2, 0) is 22.4 Å². The Kier molecular flexibility index (Phi) is 6.99. The molecule has 1 saturated heterocycles. The zero-order valence-electron chi connectivity index (χ0n) is 20.1. The van der Waals surface area contributed by atoms with Gasteiger partial charge in [0.05, 0.1) is 18.1 Å². The Morgan fingerprint density at radius 1 is 1.14 bits per heavy atom. The van der Waals surface area contributed by atoms with Crippen LogP contribution < -0.4 is 16.0 Å². The average Bonchev–Trinajstić information content (AvgIpc) is 2.86. The van der Waals surface area contributed by atoms with Crippen molar-refractivity contribution in [1.82, 2.24) is 19.9 Å². The second-order valence-electron chi connectivity index (χ2n) is 9.32. The van der Waals surface area contributed by atoms with E-state index >= 15 is 0 Å². The van der Waals surface area contributed by atoms with Crippen molar-refractivity contribution in [3.63, 3.8) is 0 Å². The van der Waals surface area contributed by atoms with Crippen LogP contribution in [-0.4, -0.2) is 44.8 Å². The number of carbonyl (C=O) groups is 2. The van der Waals surface area contributed by atoms with Crippen LogP contribution in [0.4, 0.5) is 28.8 Å². The first-order valence-electron chi connectivity index (χ1n) is 12.1. The molecule has 0 radical (unpaired) electrons. The number of likely N-dealkylation sites (tertiary alicyclic amines) is 1. The molecule has 1 fully saturated rings. The number of hydrogen-bond acceptors (Lipinski definition) is 7. The Morgan fingerprint density at radius 3 is 2.89 bits per heavy atom. The number of nitrogens with zero attached hydrogens (tertiary/aromatic N) is 4. The third-order valence-electron chi connectivity index (χ3n) is 6.56. The standard InChI is InChI=1S/C26H28ClN7O2/c1-16(35)34-8-2-3-18(15-34)10-24(36)32-23-7-6-20-11-19(23)5-4-17-9-21(13-28-12-17)31-26-29-14-22(27)25(30-20)33-26/h6-7,9,11-14,18H,2-5,8,10,15H2,1H3,(H,32,36)(H2,29,30,31,33)/t18-/m1/s1. The molecule has 1 aromatic carbocycles. The van der Waals surface area contributed by atoms with E-state index in [1.807, 2.05) is 35.4 Å². The van der Waals surface area contributed by atoms with E-state index in [1.54, 1.807) is 19.3 Å². The lowest BCUT2D eigenvalue weighted by molar-refractivity contribution is -0.131. The number of hydrogen-bond donors (Lipinski definition) is 3. The highest BCUT2D eigenvalue weighted by molar-refractivity contribution is 6.32. The number of anilines is 5. The molecule has 0 saturated carbocycles. The van der Waals surface area contributed by atoms with Gasteiger partial charge < -0.3 is 20.9 Å². The second-order valence-corrected chi connectivity index (χ2v) is 9.73. The van der Waals surface area contributed by atoms with Crippen LogP contribution in [0.1, 0.15) is 37.3 Å². The van der Waals surface area contributed by atoms with Crippen molar-refractivity contribution in [3.05, 3.63) is 59.0 Å². The van der Waals surface area contributed by atoms with Crippen LogP contribution in [0.2, 0.25) is 5.02 Å². The smallest absolute Gasteiger partial charge is 0.229 e. The van der Waals surface area contributed by atoms with Crippen LogP contribution in [0.15, 0.2) is 42.9 Å². The van der Waals surface area contributed by atoms with E-state index < -0.39 is 0 Å². The van der Waals surface area contributed by atoms with Gasteiger partial charge in [-0.1, -0.05) is 11.6 Å². The summed E-state index contributed by atoms with van der Waals surface area (Å²) >= 11 is 6.35. The molecule has 1 atom stereocenters. The van der Waals surface area contributed by atoms with Crippen molar-refractivity contribution < 1.29 is 9.59 Å². The number of aromatic nitrogens is 3. The summed E-state index contributed by atoms with van der Waals surface area (Å²) in [5.41, 5.74) is 4.41. The van der Waals surface area contributed by atoms with Crippen LogP contribution in [0.3, 0.4) is 0 Å². The van der Waals surface area contributed by atoms with Crippen molar-refractivity contribution >= 4 is 52.2 Å². The summed E-state index contributed by atoms with van der Waals surface area (Å²) in [6.45, 7) is 3.00. The highest BCUT2D eigenvalue weighted by Crippen LogP contribution is 2.30. The van der Waals surface area contributed by atoms with Crippen LogP contribution in [0.25, 0.3) is 0 Å². The highest BCUT2D eigenvalue weighted by atomic mass is 35.5. The minimum atomic E-state index is -0.0402. The Labute approximate surface area is 214 Å². The number of halogens is 1. The van der Waals surface area contributed by atoms with Crippen LogP contribution >= 0.6 is 11.6 Å². The summed E-state index contributed by atoms with van der Waals surface area (Å²) in [6, 6.07) is 7.82. The summed E-state index contributed by atoms with van der Waals surface area (Å²) in [5, 5.41) is 9.96. The molecule has 3 N–H and O–H groups in total. The van der Waals surface area contributed by atoms with Gasteiger partial charge >= 0.3 is 0 Å². The summed E-state index contributed by atoms with van der Waals surface area (Å²) in [4.78, 5) is 39.7. The van der Waals surface area contributed by atoms with Crippen LogP contribution in [0, 0.1) is 5.92 Å². The van der Waals surface area contributed by atoms with E-state index in [0.717, 1.165) is 54.0 Å². The summed E-state index contributed by atoms with van der Waals surface area (Å²) in [6.07, 6.45) is 8.81. The molecular weight excluding hydrogens is 478 g/mol. The number of rotatable bonds is 3. The van der Waals surface area contributed by atoms with Crippen molar-refractivity contribution in [3.8, 4) is 0 Å². The largest absolute Gasteiger partial charge is 0.343 e. The molecule has 0 aliphatic carbocycles. The quantitative estimate of drug-likeness (QED) is 0.473. The normalized spacial score (nSPS) is 16.9. The molecule has 36 heavy (non-hydrogen) atoms. The third kappa shape index (κ3) is 5.73. The molecule has 9 nitrogen and oxygen atoms in total. The number of carbonyl (C=O) groups excluding carboxylic acids is 2. The van der Waals surface area contributed by atoms with Gasteiger partial charge in [-0.2, -0.15) is 4.98 Å². The number of benzene rings is 1. The molecule has 4 heterocycles. The number of piperidine rings is 1. The van der Waals surface area contributed by atoms with Gasteiger partial charge in [0, 0.05) is 44.0 Å². The predicted molar refractivity (Wildman–Crippen MR) is 140 cm³/mol. The SMILES string of the molecule is CC(=O)N1CCC[C@H](CC(=O)Nc2ccc3cc2CCc2cncc(c2)Nc2ncc(Cl)c(n2)N3)C1. The molecular formula is C26H28ClN7O2. The highest BCUT2D eigenvalue weighted by Gasteiger charge is 2.24. The van der Waals surface area contributed by atoms with Crippen molar-refractivity contribution in [2.75, 3.05) is 29.0 Å². The lowest BCUT2D eigenvalue weighted by atomic mass is 9.94. The molecule has 2 aliphatic rings. The van der Waals surface area contributed by atoms with Gasteiger partial charge in [-0.25, -0.2) is 4.98 Å². The lowest BCUT2D eigenvalue weighted by Crippen LogP contribution is -2.39. The van der Waals surface area contributed by atoms with Crippen molar-refractivity contribution in [2.24, 2.45) is 5.92 Å². The molecule has 0 spiro atoms. The molecule has 10 heteroatoms. The monoisotopic (exact) mass is 505 g/mol. The first-order chi connectivity index (χ1) is 17.4. The van der Waals surface area contributed by atoms with E-state index in [-0.39, 0.29) is 17.7 Å². The maximum atomic E-state index is 13.0. The summed E-state index contributed by atoms with van der Waals surface area (Å²) < 4.78 is 0. The molecule has 2 aromatic heterocycles. The molecule has 2 amide bonds. The molecule has 186 valence electrons. The fraction of sp³-hybridized carbons (Fsp3) is 0.346. The Morgan fingerprint density at radius 2 is 2.03 bits per heavy atom. The minimum Gasteiger partial charge on any atom is -0.343 e. The summed E-state index contributed by atoms with van der Waals surface area (Å²) in [7, 11) is 0. The molecule has 0 unspecified atom stereocenters. The number of pyridine rings is 1. The number of amides is 2. The average molecular weight is 506 g/mol. The van der Waals surface area contributed by atoms with E-state index in [4.69, 9.17) is 11.6 Å². The van der Waals surface area contributed by atoms with E-state index in [2.05, 4.69) is 30.9 Å². The maximum Gasteiger partial charge on any atom is 0.229 e. The van der Waals surface area contributed by atoms with Gasteiger partial charge in [0.2, 0.25) is 17.8 Å². The first-order valence-corrected chi connectivity index (χ1v) is 12.5. The van der Waals surface area contributed by atoms with Gasteiger partial charge in [-0.05, 0) is 67.0 Å². The van der Waals surface area contributed by atoms with Crippen LogP contribution in [0.5, 0.6) is 0 Å². The third-order valence-corrected chi connectivity index (χ3v) is 6.84. The number of nitrogens with one attached hydrogen (secondary N) is 3. The topological polar surface area (TPSA) is 112 Å². The second kappa shape index (κ2) is 10.5. The molecule has 6 bridgehead atoms. The van der Waals surface area contributed by atoms with Gasteiger partial charge in [0.25, 0.3) is 0 Å². The molecule has 2 aliphatic heterocycles. The Hall–Kier alpha value is -3.72. The van der Waals surface area contributed by atoms with Gasteiger partial charge in [0.1, 0.15) is 5.02 Å².